The molecule has 5 nitrogen and oxygen atoms in total. The molecule has 0 saturated heterocycles. The van der Waals surface area contributed by atoms with E-state index < -0.39 is 17.9 Å². The first kappa shape index (κ1) is 22.7. The Morgan fingerprint density at radius 2 is 1.42 bits per heavy atom. The van der Waals surface area contributed by atoms with Gasteiger partial charge in [-0.1, -0.05) is 40.2 Å². The molecule has 0 atom stereocenters. The van der Waals surface area contributed by atoms with Gasteiger partial charge in [0.05, 0.1) is 30.3 Å². The smallest absolute Gasteiger partial charge is 0.336 e. The average Bonchev–Trinajstić information content (AvgIpc) is 2.76. The lowest BCUT2D eigenvalue weighted by molar-refractivity contribution is -0.139. The number of rotatable bonds is 7. The zero-order valence-corrected chi connectivity index (χ0v) is 18.9. The molecule has 31 heavy (non-hydrogen) atoms. The molecule has 1 aliphatic rings. The largest absolute Gasteiger partial charge is 0.463 e. The van der Waals surface area contributed by atoms with Gasteiger partial charge in [0.2, 0.25) is 0 Å². The van der Waals surface area contributed by atoms with Gasteiger partial charge in [-0.2, -0.15) is 0 Å². The van der Waals surface area contributed by atoms with E-state index in [1.54, 1.807) is 43.3 Å². The summed E-state index contributed by atoms with van der Waals surface area (Å²) in [7, 11) is 0. The van der Waals surface area contributed by atoms with E-state index in [-0.39, 0.29) is 19.0 Å². The summed E-state index contributed by atoms with van der Waals surface area (Å²) in [5, 5.41) is 0. The van der Waals surface area contributed by atoms with Crippen molar-refractivity contribution in [3.63, 3.8) is 0 Å². The standard InChI is InChI=1S/C24H23BrFNO4/c1-3-30-23(28)20-14-27(13-16-5-11-19(26)12-6-16)15-21(24(29)31-4-2)22(20)17-7-9-18(25)10-8-17/h5-12,14-15,22H,3-4,13H2,1-2H3. The molecule has 0 radical (unpaired) electrons. The van der Waals surface area contributed by atoms with Gasteiger partial charge in [0.15, 0.2) is 0 Å². The number of carbonyl (C=O) groups is 2. The van der Waals surface area contributed by atoms with Gasteiger partial charge < -0.3 is 14.4 Å². The van der Waals surface area contributed by atoms with Crippen LogP contribution in [-0.4, -0.2) is 30.1 Å². The average molecular weight is 488 g/mol. The Bertz CT molecular complexity index is 963. The van der Waals surface area contributed by atoms with Gasteiger partial charge in [-0.3, -0.25) is 0 Å². The molecule has 2 aromatic carbocycles. The van der Waals surface area contributed by atoms with E-state index in [1.807, 2.05) is 24.3 Å². The van der Waals surface area contributed by atoms with Crippen LogP contribution in [0, 0.1) is 5.82 Å². The van der Waals surface area contributed by atoms with Crippen LogP contribution in [0.4, 0.5) is 4.39 Å². The third-order valence-electron chi connectivity index (χ3n) is 4.74. The number of hydrogen-bond donors (Lipinski definition) is 0. The van der Waals surface area contributed by atoms with E-state index in [0.717, 1.165) is 15.6 Å². The summed E-state index contributed by atoms with van der Waals surface area (Å²) in [6.07, 6.45) is 3.35. The molecule has 162 valence electrons. The maximum absolute atomic E-state index is 13.3. The molecule has 3 rings (SSSR count). The first-order valence-corrected chi connectivity index (χ1v) is 10.8. The summed E-state index contributed by atoms with van der Waals surface area (Å²) in [6, 6.07) is 13.5. The van der Waals surface area contributed by atoms with Crippen molar-refractivity contribution in [3.8, 4) is 0 Å². The van der Waals surface area contributed by atoms with Crippen LogP contribution in [0.5, 0.6) is 0 Å². The second-order valence-corrected chi connectivity index (χ2v) is 7.81. The lowest BCUT2D eigenvalue weighted by Gasteiger charge is -2.30. The SMILES string of the molecule is CCOC(=O)C1=CN(Cc2ccc(F)cc2)C=C(C(=O)OCC)C1c1ccc(Br)cc1. The van der Waals surface area contributed by atoms with E-state index >= 15 is 0 Å². The highest BCUT2D eigenvalue weighted by atomic mass is 79.9. The quantitative estimate of drug-likeness (QED) is 0.509. The summed E-state index contributed by atoms with van der Waals surface area (Å²) >= 11 is 3.41. The fourth-order valence-electron chi connectivity index (χ4n) is 3.39. The molecule has 0 N–H and O–H groups in total. The second-order valence-electron chi connectivity index (χ2n) is 6.89. The highest BCUT2D eigenvalue weighted by Crippen LogP contribution is 2.38. The van der Waals surface area contributed by atoms with Crippen LogP contribution in [0.2, 0.25) is 0 Å². The zero-order valence-electron chi connectivity index (χ0n) is 17.3. The van der Waals surface area contributed by atoms with Gasteiger partial charge in [0.25, 0.3) is 0 Å². The molecule has 1 heterocycles. The van der Waals surface area contributed by atoms with Crippen molar-refractivity contribution in [1.29, 1.82) is 0 Å². The monoisotopic (exact) mass is 487 g/mol. The highest BCUT2D eigenvalue weighted by Gasteiger charge is 2.35. The van der Waals surface area contributed by atoms with Gasteiger partial charge >= 0.3 is 11.9 Å². The van der Waals surface area contributed by atoms with Crippen molar-refractivity contribution in [2.24, 2.45) is 0 Å². The third kappa shape index (κ3) is 5.61. The molecule has 0 aromatic heterocycles. The summed E-state index contributed by atoms with van der Waals surface area (Å²) in [4.78, 5) is 27.4. The van der Waals surface area contributed by atoms with Gasteiger partial charge in [-0.15, -0.1) is 0 Å². The van der Waals surface area contributed by atoms with Crippen LogP contribution in [0.15, 0.2) is 76.5 Å². The van der Waals surface area contributed by atoms with Crippen LogP contribution >= 0.6 is 15.9 Å². The molecule has 0 unspecified atom stereocenters. The lowest BCUT2D eigenvalue weighted by Crippen LogP contribution is -2.29. The fraction of sp³-hybridized carbons (Fsp3) is 0.250. The van der Waals surface area contributed by atoms with Crippen LogP contribution in [0.3, 0.4) is 0 Å². The Hall–Kier alpha value is -2.93. The van der Waals surface area contributed by atoms with E-state index in [9.17, 15) is 14.0 Å². The number of carbonyl (C=O) groups excluding carboxylic acids is 2. The van der Waals surface area contributed by atoms with Crippen LogP contribution in [0.25, 0.3) is 0 Å². The van der Waals surface area contributed by atoms with Gasteiger partial charge in [0.1, 0.15) is 5.82 Å². The van der Waals surface area contributed by atoms with E-state index in [4.69, 9.17) is 9.47 Å². The molecule has 7 heteroatoms. The molecule has 0 amide bonds. The normalized spacial score (nSPS) is 14.0. The minimum Gasteiger partial charge on any atom is -0.463 e. The third-order valence-corrected chi connectivity index (χ3v) is 5.26. The molecule has 0 spiro atoms. The second kappa shape index (κ2) is 10.4. The zero-order chi connectivity index (χ0) is 22.4. The summed E-state index contributed by atoms with van der Waals surface area (Å²) in [5.74, 6) is -1.97. The molecule has 2 aromatic rings. The molecule has 1 aliphatic heterocycles. The minimum absolute atomic E-state index is 0.208. The Morgan fingerprint density at radius 1 is 0.903 bits per heavy atom. The summed E-state index contributed by atoms with van der Waals surface area (Å²) < 4.78 is 24.7. The van der Waals surface area contributed by atoms with Crippen LogP contribution in [-0.2, 0) is 25.6 Å². The van der Waals surface area contributed by atoms with Crippen molar-refractivity contribution in [3.05, 3.63) is 93.5 Å². The van der Waals surface area contributed by atoms with Crippen molar-refractivity contribution in [2.45, 2.75) is 26.3 Å². The first-order chi connectivity index (χ1) is 14.9. The van der Waals surface area contributed by atoms with Crippen LogP contribution < -0.4 is 0 Å². The molecule has 0 bridgehead atoms. The van der Waals surface area contributed by atoms with Gasteiger partial charge in [0, 0.05) is 23.4 Å². The molecule has 0 aliphatic carbocycles. The maximum Gasteiger partial charge on any atom is 0.336 e. The highest BCUT2D eigenvalue weighted by molar-refractivity contribution is 9.10. The van der Waals surface area contributed by atoms with Crippen molar-refractivity contribution in [1.82, 2.24) is 4.90 Å². The fourth-order valence-corrected chi connectivity index (χ4v) is 3.65. The minimum atomic E-state index is -0.629. The maximum atomic E-state index is 13.3. The predicted octanol–water partition coefficient (Wildman–Crippen LogP) is 5.08. The summed E-state index contributed by atoms with van der Waals surface area (Å²) in [5.41, 5.74) is 2.25. The summed E-state index contributed by atoms with van der Waals surface area (Å²) in [6.45, 7) is 4.22. The van der Waals surface area contributed by atoms with Crippen LogP contribution in [0.1, 0.15) is 30.9 Å². The topological polar surface area (TPSA) is 55.8 Å². The van der Waals surface area contributed by atoms with Gasteiger partial charge in [-0.25, -0.2) is 14.0 Å². The number of esters is 2. The number of benzene rings is 2. The lowest BCUT2D eigenvalue weighted by atomic mass is 9.83. The van der Waals surface area contributed by atoms with Crippen molar-refractivity contribution < 1.29 is 23.5 Å². The Kier molecular flexibility index (Phi) is 7.63. The molecular formula is C24H23BrFNO4. The Labute approximate surface area is 189 Å². The molecule has 0 fully saturated rings. The molecule has 0 saturated carbocycles. The first-order valence-electron chi connectivity index (χ1n) is 9.96. The Morgan fingerprint density at radius 3 is 1.90 bits per heavy atom. The number of hydrogen-bond acceptors (Lipinski definition) is 5. The van der Waals surface area contributed by atoms with E-state index in [0.29, 0.717) is 17.7 Å². The number of halogens is 2. The Balaban J connectivity index is 2.06. The molecular weight excluding hydrogens is 465 g/mol. The van der Waals surface area contributed by atoms with Crippen molar-refractivity contribution >= 4 is 27.9 Å². The van der Waals surface area contributed by atoms with E-state index in [2.05, 4.69) is 15.9 Å². The van der Waals surface area contributed by atoms with Gasteiger partial charge in [-0.05, 0) is 49.2 Å². The predicted molar refractivity (Wildman–Crippen MR) is 118 cm³/mol. The number of nitrogens with zero attached hydrogens (tertiary/aromatic N) is 1. The van der Waals surface area contributed by atoms with E-state index in [1.165, 1.54) is 12.1 Å². The number of ether oxygens (including phenoxy) is 2. The van der Waals surface area contributed by atoms with Crippen molar-refractivity contribution in [2.75, 3.05) is 13.2 Å².